The molecular weight excluding hydrogens is 482 g/mol. The van der Waals surface area contributed by atoms with Gasteiger partial charge in [0.2, 0.25) is 11.8 Å². The number of carbonyl (C=O) groups excluding carboxylic acids is 3. The van der Waals surface area contributed by atoms with Crippen LogP contribution in [0, 0.1) is 23.2 Å². The number of rotatable bonds is 9. The summed E-state index contributed by atoms with van der Waals surface area (Å²) in [4.78, 5) is 41.0. The molecule has 0 spiro atoms. The first-order valence-electron chi connectivity index (χ1n) is 13.1. The Morgan fingerprint density at radius 3 is 2.47 bits per heavy atom. The van der Waals surface area contributed by atoms with E-state index in [9.17, 15) is 14.4 Å². The Bertz CT molecular complexity index is 990. The molecular formula is C27H36ClN3O5. The summed E-state index contributed by atoms with van der Waals surface area (Å²) in [5.41, 5.74) is 1.09. The molecule has 1 aromatic rings. The van der Waals surface area contributed by atoms with Gasteiger partial charge in [-0.15, -0.1) is 0 Å². The lowest BCUT2D eigenvalue weighted by atomic mass is 9.67. The van der Waals surface area contributed by atoms with Crippen LogP contribution in [0.25, 0.3) is 0 Å². The van der Waals surface area contributed by atoms with Gasteiger partial charge in [-0.1, -0.05) is 11.6 Å². The van der Waals surface area contributed by atoms with Gasteiger partial charge in [0.05, 0.1) is 13.7 Å². The van der Waals surface area contributed by atoms with Gasteiger partial charge in [0.15, 0.2) is 6.61 Å². The Hall–Kier alpha value is -2.32. The number of esters is 1. The average molecular weight is 518 g/mol. The topological polar surface area (TPSA) is 88.2 Å². The fourth-order valence-electron chi connectivity index (χ4n) is 7.29. The van der Waals surface area contributed by atoms with E-state index in [2.05, 4.69) is 15.0 Å². The van der Waals surface area contributed by atoms with Crippen LogP contribution < -0.4 is 10.1 Å². The van der Waals surface area contributed by atoms with E-state index in [1.807, 2.05) is 11.0 Å². The van der Waals surface area contributed by atoms with Crippen molar-refractivity contribution in [1.82, 2.24) is 15.1 Å². The van der Waals surface area contributed by atoms with Crippen LogP contribution in [0.1, 0.15) is 44.1 Å². The van der Waals surface area contributed by atoms with Crippen molar-refractivity contribution in [3.63, 3.8) is 0 Å². The number of benzene rings is 1. The molecule has 36 heavy (non-hydrogen) atoms. The molecule has 2 unspecified atom stereocenters. The van der Waals surface area contributed by atoms with Crippen LogP contribution >= 0.6 is 11.6 Å². The number of nitrogens with zero attached hydrogens (tertiary/aromatic N) is 2. The molecule has 4 bridgehead atoms. The van der Waals surface area contributed by atoms with Crippen molar-refractivity contribution in [2.75, 3.05) is 46.4 Å². The molecule has 8 nitrogen and oxygen atoms in total. The first-order valence-corrected chi connectivity index (χ1v) is 13.5. The van der Waals surface area contributed by atoms with Crippen molar-refractivity contribution in [3.05, 3.63) is 28.8 Å². The lowest BCUT2D eigenvalue weighted by Crippen LogP contribution is -2.51. The fraction of sp³-hybridized carbons (Fsp3) is 0.667. The summed E-state index contributed by atoms with van der Waals surface area (Å²) < 4.78 is 10.3. The number of ether oxygens (including phenoxy) is 2. The molecule has 6 rings (SSSR count). The lowest BCUT2D eigenvalue weighted by Gasteiger charge is -2.38. The second kappa shape index (κ2) is 10.6. The van der Waals surface area contributed by atoms with Gasteiger partial charge in [0, 0.05) is 49.7 Å². The molecule has 9 heteroatoms. The van der Waals surface area contributed by atoms with Gasteiger partial charge in [-0.05, 0) is 73.5 Å². The maximum atomic E-state index is 12.8. The smallest absolute Gasteiger partial charge is 0.343 e. The highest BCUT2D eigenvalue weighted by molar-refractivity contribution is 6.30. The summed E-state index contributed by atoms with van der Waals surface area (Å²) in [7, 11) is 1.32. The first kappa shape index (κ1) is 25.3. The molecule has 196 valence electrons. The third-order valence-electron chi connectivity index (χ3n) is 8.74. The standard InChI is InChI=1S/C27H36ClN3O5/c1-35-26(34)17-36-23-3-2-22(28)10-21(23)16-30-4-6-31(7-5-30)25(33)15-29-24(32)14-27-11-18-8-19(12-27)20(9-18)13-27/h2-3,10,18-20H,4-9,11-17H2,1H3,(H,29,32). The van der Waals surface area contributed by atoms with E-state index >= 15 is 0 Å². The molecule has 1 N–H and O–H groups in total. The minimum atomic E-state index is -0.447. The van der Waals surface area contributed by atoms with Crippen LogP contribution in [0.3, 0.4) is 0 Å². The SMILES string of the molecule is COC(=O)COc1ccc(Cl)cc1CN1CCN(C(=O)CNC(=O)CC23CC4CC(C2)C(C4)C3)CC1. The lowest BCUT2D eigenvalue weighted by molar-refractivity contribution is -0.143. The van der Waals surface area contributed by atoms with Gasteiger partial charge in [-0.2, -0.15) is 0 Å². The van der Waals surface area contributed by atoms with Crippen molar-refractivity contribution in [1.29, 1.82) is 0 Å². The van der Waals surface area contributed by atoms with Gasteiger partial charge < -0.3 is 19.7 Å². The molecule has 1 aromatic carbocycles. The molecule has 4 aliphatic carbocycles. The van der Waals surface area contributed by atoms with Crippen molar-refractivity contribution in [2.45, 2.75) is 45.1 Å². The molecule has 0 radical (unpaired) electrons. The fourth-order valence-corrected chi connectivity index (χ4v) is 7.48. The van der Waals surface area contributed by atoms with Crippen LogP contribution in [-0.4, -0.2) is 74.0 Å². The number of nitrogens with one attached hydrogen (secondary N) is 1. The molecule has 0 aromatic heterocycles. The van der Waals surface area contributed by atoms with Crippen LogP contribution in [-0.2, 0) is 25.7 Å². The number of methoxy groups -OCH3 is 1. The van der Waals surface area contributed by atoms with E-state index in [1.54, 1.807) is 12.1 Å². The zero-order valence-electron chi connectivity index (χ0n) is 21.0. The van der Waals surface area contributed by atoms with E-state index in [0.29, 0.717) is 49.9 Å². The highest BCUT2D eigenvalue weighted by atomic mass is 35.5. The Labute approximate surface area is 217 Å². The number of amides is 2. The monoisotopic (exact) mass is 517 g/mol. The molecule has 2 atom stereocenters. The predicted molar refractivity (Wildman–Crippen MR) is 134 cm³/mol. The van der Waals surface area contributed by atoms with Gasteiger partial charge >= 0.3 is 5.97 Å². The van der Waals surface area contributed by atoms with Crippen LogP contribution in [0.15, 0.2) is 18.2 Å². The van der Waals surface area contributed by atoms with E-state index in [4.69, 9.17) is 16.3 Å². The second-order valence-corrected chi connectivity index (χ2v) is 11.6. The molecule has 2 amide bonds. The summed E-state index contributed by atoms with van der Waals surface area (Å²) in [5, 5.41) is 3.51. The predicted octanol–water partition coefficient (Wildman–Crippen LogP) is 2.87. The maximum Gasteiger partial charge on any atom is 0.343 e. The van der Waals surface area contributed by atoms with E-state index in [1.165, 1.54) is 39.2 Å². The number of hydrogen-bond donors (Lipinski definition) is 1. The number of hydrogen-bond acceptors (Lipinski definition) is 6. The minimum Gasteiger partial charge on any atom is -0.482 e. The summed E-state index contributed by atoms with van der Waals surface area (Å²) in [6.45, 7) is 3.12. The molecule has 5 fully saturated rings. The molecule has 4 saturated carbocycles. The largest absolute Gasteiger partial charge is 0.482 e. The van der Waals surface area contributed by atoms with Gasteiger partial charge in [0.1, 0.15) is 5.75 Å². The Kier molecular flexibility index (Phi) is 7.45. The quantitative estimate of drug-likeness (QED) is 0.507. The van der Waals surface area contributed by atoms with E-state index < -0.39 is 5.97 Å². The summed E-state index contributed by atoms with van der Waals surface area (Å²) in [5.74, 6) is 2.67. The Morgan fingerprint density at radius 2 is 1.81 bits per heavy atom. The highest BCUT2D eigenvalue weighted by Crippen LogP contribution is 2.65. The third kappa shape index (κ3) is 5.65. The molecule has 5 aliphatic rings. The van der Waals surface area contributed by atoms with Crippen LogP contribution in [0.2, 0.25) is 5.02 Å². The van der Waals surface area contributed by atoms with Crippen molar-refractivity contribution < 1.29 is 23.9 Å². The third-order valence-corrected chi connectivity index (χ3v) is 8.97. The second-order valence-electron chi connectivity index (χ2n) is 11.2. The number of piperazine rings is 1. The first-order chi connectivity index (χ1) is 17.3. The maximum absolute atomic E-state index is 12.8. The minimum absolute atomic E-state index is 0.0267. The normalized spacial score (nSPS) is 28.8. The van der Waals surface area contributed by atoms with Crippen LogP contribution in [0.4, 0.5) is 0 Å². The zero-order valence-corrected chi connectivity index (χ0v) is 21.7. The van der Waals surface area contributed by atoms with Crippen molar-refractivity contribution in [3.8, 4) is 5.75 Å². The van der Waals surface area contributed by atoms with Crippen molar-refractivity contribution in [2.24, 2.45) is 23.2 Å². The van der Waals surface area contributed by atoms with E-state index in [0.717, 1.165) is 23.3 Å². The van der Waals surface area contributed by atoms with Crippen molar-refractivity contribution >= 4 is 29.4 Å². The average Bonchev–Trinajstić information content (AvgIpc) is 3.27. The molecule has 1 heterocycles. The Morgan fingerprint density at radius 1 is 1.08 bits per heavy atom. The van der Waals surface area contributed by atoms with Gasteiger partial charge in [-0.3, -0.25) is 14.5 Å². The van der Waals surface area contributed by atoms with Gasteiger partial charge in [0.25, 0.3) is 0 Å². The summed E-state index contributed by atoms with van der Waals surface area (Å²) in [6, 6.07) is 5.32. The number of carbonyl (C=O) groups is 3. The van der Waals surface area contributed by atoms with Crippen LogP contribution in [0.5, 0.6) is 5.75 Å². The summed E-state index contributed by atoms with van der Waals surface area (Å²) >= 11 is 6.19. The zero-order chi connectivity index (χ0) is 25.3. The molecule has 1 aliphatic heterocycles. The van der Waals surface area contributed by atoms with E-state index in [-0.39, 0.29) is 30.4 Å². The number of halogens is 1. The summed E-state index contributed by atoms with van der Waals surface area (Å²) in [6.07, 6.45) is 6.94. The van der Waals surface area contributed by atoms with Gasteiger partial charge in [-0.25, -0.2) is 4.79 Å². The highest BCUT2D eigenvalue weighted by Gasteiger charge is 2.56. The molecule has 1 saturated heterocycles. The Balaban J connectivity index is 1.06.